The molecule has 6 rings (SSSR count). The van der Waals surface area contributed by atoms with Gasteiger partial charge in [-0.15, -0.1) is 11.3 Å². The smallest absolute Gasteiger partial charge is 0.167 e. The average Bonchev–Trinajstić information content (AvgIpc) is 3.58. The second-order valence-corrected chi connectivity index (χ2v) is 12.1. The number of nitriles is 1. The first kappa shape index (κ1) is 26.1. The van der Waals surface area contributed by atoms with Gasteiger partial charge in [-0.3, -0.25) is 4.90 Å². The zero-order valence-corrected chi connectivity index (χ0v) is 22.9. The quantitative estimate of drug-likeness (QED) is 0.231. The minimum absolute atomic E-state index is 0.0122. The van der Waals surface area contributed by atoms with Crippen molar-refractivity contribution in [3.63, 3.8) is 0 Å². The highest BCUT2D eigenvalue weighted by Crippen LogP contribution is 2.44. The fraction of sp³-hybridized carbons (Fsp3) is 0.419. The number of piperidine rings is 1. The third-order valence-electron chi connectivity index (χ3n) is 8.34. The monoisotopic (exact) mass is 546 g/mol. The molecule has 0 aliphatic carbocycles. The summed E-state index contributed by atoms with van der Waals surface area (Å²) in [5.41, 5.74) is 9.39. The molecule has 39 heavy (non-hydrogen) atoms. The van der Waals surface area contributed by atoms with Crippen LogP contribution in [0.5, 0.6) is 0 Å². The van der Waals surface area contributed by atoms with Crippen LogP contribution in [-0.2, 0) is 13.0 Å². The molecular formula is C31H32F2N4OS. The Bertz CT molecular complexity index is 1540. The Hall–Kier alpha value is -3.12. The van der Waals surface area contributed by atoms with Crippen molar-refractivity contribution < 1.29 is 13.3 Å². The Labute approximate surface area is 231 Å². The topological polar surface area (TPSA) is 79.1 Å². The molecule has 4 aromatic rings. The first-order chi connectivity index (χ1) is 18.9. The van der Waals surface area contributed by atoms with Crippen LogP contribution in [0.25, 0.3) is 32.5 Å². The molecule has 0 saturated carbocycles. The highest BCUT2D eigenvalue weighted by atomic mass is 32.1. The van der Waals surface area contributed by atoms with Crippen LogP contribution >= 0.6 is 11.3 Å². The van der Waals surface area contributed by atoms with Crippen molar-refractivity contribution in [1.29, 1.82) is 5.26 Å². The lowest BCUT2D eigenvalue weighted by Crippen LogP contribution is -2.46. The number of rotatable bonds is 8. The van der Waals surface area contributed by atoms with Gasteiger partial charge in [0.05, 0.1) is 11.3 Å². The summed E-state index contributed by atoms with van der Waals surface area (Å²) >= 11 is 1.53. The fourth-order valence-electron chi connectivity index (χ4n) is 6.37. The summed E-state index contributed by atoms with van der Waals surface area (Å²) < 4.78 is 36.1. The molecule has 4 heterocycles. The number of hydrogen-bond donors (Lipinski definition) is 1. The molecular weight excluding hydrogens is 514 g/mol. The molecule has 2 N–H and O–H groups in total. The van der Waals surface area contributed by atoms with Crippen LogP contribution in [0.3, 0.4) is 0 Å². The number of hydrogen-bond acceptors (Lipinski definition) is 6. The van der Waals surface area contributed by atoms with E-state index in [4.69, 9.17) is 10.3 Å². The third-order valence-corrected chi connectivity index (χ3v) is 9.49. The molecule has 0 spiro atoms. The molecule has 2 aromatic heterocycles. The average molecular weight is 547 g/mol. The Morgan fingerprint density at radius 1 is 1.08 bits per heavy atom. The van der Waals surface area contributed by atoms with Crippen molar-refractivity contribution in [3.8, 4) is 27.6 Å². The second-order valence-electron chi connectivity index (χ2n) is 11.0. The van der Waals surface area contributed by atoms with E-state index in [2.05, 4.69) is 23.0 Å². The van der Waals surface area contributed by atoms with Gasteiger partial charge in [0.2, 0.25) is 0 Å². The molecule has 202 valence electrons. The number of nitrogens with zero attached hydrogens (tertiary/aromatic N) is 3. The van der Waals surface area contributed by atoms with Gasteiger partial charge in [0.25, 0.3) is 0 Å². The summed E-state index contributed by atoms with van der Waals surface area (Å²) in [7, 11) is 0. The molecule has 0 amide bonds. The summed E-state index contributed by atoms with van der Waals surface area (Å²) in [5.74, 6) is -0.935. The van der Waals surface area contributed by atoms with E-state index in [1.165, 1.54) is 29.5 Å². The van der Waals surface area contributed by atoms with Gasteiger partial charge < -0.3 is 10.3 Å². The number of halogens is 2. The van der Waals surface area contributed by atoms with Gasteiger partial charge in [0, 0.05) is 50.9 Å². The maximum atomic E-state index is 15.8. The number of fused-ring (bicyclic) bond motifs is 3. The van der Waals surface area contributed by atoms with Crippen molar-refractivity contribution in [2.24, 2.45) is 5.73 Å². The van der Waals surface area contributed by atoms with Gasteiger partial charge in [-0.25, -0.2) is 8.78 Å². The highest BCUT2D eigenvalue weighted by molar-refractivity contribution is 7.16. The number of nitrogens with two attached hydrogens (primary N) is 1. The molecule has 2 aromatic carbocycles. The van der Waals surface area contributed by atoms with E-state index in [-0.39, 0.29) is 17.4 Å². The number of aryl methyl sites for hydroxylation is 1. The number of thiophene rings is 1. The third kappa shape index (κ3) is 5.00. The Balaban J connectivity index is 1.41. The van der Waals surface area contributed by atoms with Crippen LogP contribution < -0.4 is 5.73 Å². The molecule has 2 aliphatic rings. The largest absolute Gasteiger partial charge is 0.356 e. The summed E-state index contributed by atoms with van der Waals surface area (Å²) in [6.45, 7) is 2.90. The lowest BCUT2D eigenvalue weighted by Gasteiger charge is -2.37. The summed E-state index contributed by atoms with van der Waals surface area (Å²) in [6, 6.07) is 13.0. The van der Waals surface area contributed by atoms with Gasteiger partial charge in [0.1, 0.15) is 17.7 Å². The van der Waals surface area contributed by atoms with Crippen molar-refractivity contribution >= 4 is 22.3 Å². The van der Waals surface area contributed by atoms with E-state index in [9.17, 15) is 9.65 Å². The van der Waals surface area contributed by atoms with Crippen molar-refractivity contribution in [1.82, 2.24) is 10.1 Å². The molecule has 8 heteroatoms. The minimum atomic E-state index is -0.584. The van der Waals surface area contributed by atoms with Gasteiger partial charge >= 0.3 is 0 Å². The van der Waals surface area contributed by atoms with E-state index in [0.717, 1.165) is 78.9 Å². The predicted octanol–water partition coefficient (Wildman–Crippen LogP) is 7.56. The summed E-state index contributed by atoms with van der Waals surface area (Å²) in [5, 5.41) is 14.1. The highest BCUT2D eigenvalue weighted by Gasteiger charge is 2.39. The van der Waals surface area contributed by atoms with Gasteiger partial charge in [-0.05, 0) is 74.4 Å². The lowest BCUT2D eigenvalue weighted by atomic mass is 9.97. The second kappa shape index (κ2) is 10.8. The van der Waals surface area contributed by atoms with Crippen LogP contribution in [-0.4, -0.2) is 28.2 Å². The fourth-order valence-corrected chi connectivity index (χ4v) is 7.57. The van der Waals surface area contributed by atoms with Crippen LogP contribution in [0.4, 0.5) is 8.78 Å². The SMILES string of the molecule is CCCCCc1noc2cc(-c3sc(CN4C5CCC4CC(N)C5)cc3-c3ccc(C#N)c(F)c3)c(F)cc12. The zero-order valence-electron chi connectivity index (χ0n) is 22.1. The maximum Gasteiger partial charge on any atom is 0.167 e. The van der Waals surface area contributed by atoms with Crippen molar-refractivity contribution in [2.75, 3.05) is 0 Å². The molecule has 2 fully saturated rings. The standard InChI is InChI=1S/C31H32F2N4OS/c1-2-3-4-5-29-26-14-28(33)25(15-30(26)38-36-29)31-24(18-6-7-19(16-34)27(32)10-18)13-23(39-31)17-37-21-8-9-22(37)12-20(35)11-21/h6-7,10,13-15,20-22H,2-5,8-9,11-12,17,35H2,1H3. The first-order valence-electron chi connectivity index (χ1n) is 13.9. The van der Waals surface area contributed by atoms with E-state index < -0.39 is 5.82 Å². The molecule has 2 aliphatic heterocycles. The molecule has 2 saturated heterocycles. The van der Waals surface area contributed by atoms with Crippen molar-refractivity contribution in [2.45, 2.75) is 83.0 Å². The normalized spacial score (nSPS) is 21.1. The van der Waals surface area contributed by atoms with Crippen LogP contribution in [0.1, 0.15) is 68.0 Å². The van der Waals surface area contributed by atoms with Crippen LogP contribution in [0, 0.1) is 23.0 Å². The van der Waals surface area contributed by atoms with E-state index in [1.807, 2.05) is 6.07 Å². The number of benzene rings is 2. The van der Waals surface area contributed by atoms with Crippen molar-refractivity contribution in [3.05, 3.63) is 64.2 Å². The Kier molecular flexibility index (Phi) is 7.23. The van der Waals surface area contributed by atoms with Crippen LogP contribution in [0.2, 0.25) is 0 Å². The Morgan fingerprint density at radius 3 is 2.59 bits per heavy atom. The van der Waals surface area contributed by atoms with E-state index in [0.29, 0.717) is 34.2 Å². The van der Waals surface area contributed by atoms with Gasteiger partial charge in [-0.2, -0.15) is 5.26 Å². The van der Waals surface area contributed by atoms with Gasteiger partial charge in [0.15, 0.2) is 5.58 Å². The lowest BCUT2D eigenvalue weighted by molar-refractivity contribution is 0.121. The molecule has 2 atom stereocenters. The zero-order chi connectivity index (χ0) is 27.1. The van der Waals surface area contributed by atoms with E-state index >= 15 is 4.39 Å². The molecule has 5 nitrogen and oxygen atoms in total. The number of unbranched alkanes of at least 4 members (excludes halogenated alkanes) is 2. The minimum Gasteiger partial charge on any atom is -0.356 e. The molecule has 2 unspecified atom stereocenters. The Morgan fingerprint density at radius 2 is 1.87 bits per heavy atom. The van der Waals surface area contributed by atoms with E-state index in [1.54, 1.807) is 12.1 Å². The van der Waals surface area contributed by atoms with Gasteiger partial charge in [-0.1, -0.05) is 31.0 Å². The molecule has 2 bridgehead atoms. The van der Waals surface area contributed by atoms with Crippen LogP contribution in [0.15, 0.2) is 40.9 Å². The summed E-state index contributed by atoms with van der Waals surface area (Å²) in [6.07, 6.45) is 8.22. The summed E-state index contributed by atoms with van der Waals surface area (Å²) in [4.78, 5) is 4.36. The number of aromatic nitrogens is 1. The molecule has 0 radical (unpaired) electrons. The first-order valence-corrected chi connectivity index (χ1v) is 14.7. The maximum absolute atomic E-state index is 15.8. The predicted molar refractivity (Wildman–Crippen MR) is 150 cm³/mol.